The van der Waals surface area contributed by atoms with Gasteiger partial charge in [-0.2, -0.15) is 0 Å². The molecule has 3 N–H and O–H groups in total. The van der Waals surface area contributed by atoms with Gasteiger partial charge in [0.25, 0.3) is 0 Å². The van der Waals surface area contributed by atoms with Crippen molar-refractivity contribution in [3.63, 3.8) is 0 Å². The fourth-order valence-electron chi connectivity index (χ4n) is 6.94. The molecule has 0 aromatic heterocycles. The summed E-state index contributed by atoms with van der Waals surface area (Å²) in [6.07, 6.45) is 1.81. The maximum absolute atomic E-state index is 14.2. The number of urea groups is 2. The molecule has 3 aliphatic heterocycles. The van der Waals surface area contributed by atoms with E-state index in [1.807, 2.05) is 99.3 Å². The summed E-state index contributed by atoms with van der Waals surface area (Å²) in [5.74, 6) is -0.147. The zero-order chi connectivity index (χ0) is 34.7. The van der Waals surface area contributed by atoms with E-state index in [-0.39, 0.29) is 24.0 Å². The van der Waals surface area contributed by atoms with Crippen LogP contribution in [-0.4, -0.2) is 69.5 Å². The van der Waals surface area contributed by atoms with Gasteiger partial charge in [-0.15, -0.1) is 0 Å². The van der Waals surface area contributed by atoms with Crippen LogP contribution in [0, 0.1) is 6.92 Å². The smallest absolute Gasteiger partial charge is 0.412 e. The quantitative estimate of drug-likeness (QED) is 0.291. The van der Waals surface area contributed by atoms with Gasteiger partial charge in [-0.1, -0.05) is 54.6 Å². The summed E-state index contributed by atoms with van der Waals surface area (Å²) in [5, 5.41) is 8.94. The monoisotopic (exact) mass is 666 g/mol. The van der Waals surface area contributed by atoms with E-state index in [2.05, 4.69) is 16.0 Å². The number of aryl methyl sites for hydroxylation is 1. The maximum Gasteiger partial charge on any atom is 0.412 e. The lowest BCUT2D eigenvalue weighted by Gasteiger charge is -2.41. The summed E-state index contributed by atoms with van der Waals surface area (Å²) in [4.78, 5) is 58.7. The third-order valence-corrected chi connectivity index (χ3v) is 9.56. The topological polar surface area (TPSA) is 123 Å². The highest BCUT2D eigenvalue weighted by molar-refractivity contribution is 5.92. The van der Waals surface area contributed by atoms with Crippen LogP contribution in [0.3, 0.4) is 0 Å². The van der Waals surface area contributed by atoms with Crippen LogP contribution in [0.5, 0.6) is 0 Å². The molecular formula is C38H46N6O5. The van der Waals surface area contributed by atoms with Crippen LogP contribution in [0.15, 0.2) is 66.7 Å². The van der Waals surface area contributed by atoms with E-state index < -0.39 is 17.7 Å². The normalized spacial score (nSPS) is 18.4. The number of rotatable bonds is 5. The molecule has 0 radical (unpaired) electrons. The van der Waals surface area contributed by atoms with E-state index >= 15 is 0 Å². The first kappa shape index (κ1) is 33.8. The molecule has 3 aromatic carbocycles. The Morgan fingerprint density at radius 2 is 1.61 bits per heavy atom. The van der Waals surface area contributed by atoms with Crippen molar-refractivity contribution >= 4 is 35.4 Å². The first-order valence-corrected chi connectivity index (χ1v) is 17.1. The Balaban J connectivity index is 1.15. The van der Waals surface area contributed by atoms with Crippen molar-refractivity contribution in [2.75, 3.05) is 23.7 Å². The predicted molar refractivity (Wildman–Crippen MR) is 188 cm³/mol. The molecule has 1 atom stereocenters. The molecule has 0 saturated carbocycles. The summed E-state index contributed by atoms with van der Waals surface area (Å²) >= 11 is 0. The Bertz CT molecular complexity index is 1710. The van der Waals surface area contributed by atoms with Crippen molar-refractivity contribution in [3.8, 4) is 0 Å². The van der Waals surface area contributed by atoms with E-state index in [4.69, 9.17) is 4.74 Å². The summed E-state index contributed by atoms with van der Waals surface area (Å²) < 4.78 is 5.48. The van der Waals surface area contributed by atoms with Crippen molar-refractivity contribution in [2.24, 2.45) is 0 Å². The SMILES string of the molecule is Cc1c(NC(=O)OC(C)(C)C)ccc2c1CN(Cc1ccccc1)C(=O)[C@H](NC(=O)N1CCC(N3Cc4ccccc4NC3=O)CC1)CC2. The average molecular weight is 667 g/mol. The standard InChI is InChI=1S/C38H46N6O5/c1-25-30-24-43(22-26-10-6-5-7-11-26)34(45)33(17-15-27(30)14-16-31(25)41-37(48)49-38(2,3)4)40-35(46)42-20-18-29(19-21-42)44-23-28-12-8-9-13-32(28)39-36(44)47/h5-14,16,29,33H,15,17-24H2,1-4H3,(H,39,47)(H,40,46)(H,41,48)/t33-/m1/s1. The number of fused-ring (bicyclic) bond motifs is 2. The number of piperidine rings is 1. The molecule has 11 nitrogen and oxygen atoms in total. The number of hydrogen-bond acceptors (Lipinski definition) is 5. The molecule has 6 amide bonds. The van der Waals surface area contributed by atoms with E-state index in [1.165, 1.54) is 0 Å². The number of carbonyl (C=O) groups excluding carboxylic acids is 4. The minimum Gasteiger partial charge on any atom is -0.444 e. The number of para-hydroxylation sites is 1. The third kappa shape index (κ3) is 7.98. The highest BCUT2D eigenvalue weighted by Crippen LogP contribution is 2.30. The summed E-state index contributed by atoms with van der Waals surface area (Å²) in [6, 6.07) is 20.4. The van der Waals surface area contributed by atoms with Gasteiger partial charge >= 0.3 is 18.2 Å². The summed E-state index contributed by atoms with van der Waals surface area (Å²) in [6.45, 7) is 9.65. The lowest BCUT2D eigenvalue weighted by Crippen LogP contribution is -2.56. The van der Waals surface area contributed by atoms with Crippen LogP contribution in [0.1, 0.15) is 67.9 Å². The second kappa shape index (κ2) is 14.2. The van der Waals surface area contributed by atoms with Crippen LogP contribution in [-0.2, 0) is 35.6 Å². The van der Waals surface area contributed by atoms with Crippen molar-refractivity contribution in [2.45, 2.75) is 90.7 Å². The molecule has 0 spiro atoms. The largest absolute Gasteiger partial charge is 0.444 e. The molecule has 49 heavy (non-hydrogen) atoms. The van der Waals surface area contributed by atoms with E-state index in [1.54, 1.807) is 9.80 Å². The van der Waals surface area contributed by atoms with Gasteiger partial charge in [0.15, 0.2) is 0 Å². The van der Waals surface area contributed by atoms with Gasteiger partial charge in [-0.3, -0.25) is 10.1 Å². The molecule has 258 valence electrons. The van der Waals surface area contributed by atoms with E-state index in [0.717, 1.165) is 33.5 Å². The summed E-state index contributed by atoms with van der Waals surface area (Å²) in [7, 11) is 0. The number of amides is 6. The first-order valence-electron chi connectivity index (χ1n) is 17.1. The van der Waals surface area contributed by atoms with Crippen molar-refractivity contribution in [1.82, 2.24) is 20.0 Å². The Hall–Kier alpha value is -5.06. The molecular weight excluding hydrogens is 620 g/mol. The van der Waals surface area contributed by atoms with Crippen LogP contribution in [0.25, 0.3) is 0 Å². The maximum atomic E-state index is 14.2. The van der Waals surface area contributed by atoms with E-state index in [9.17, 15) is 19.2 Å². The second-order valence-corrected chi connectivity index (χ2v) is 14.2. The predicted octanol–water partition coefficient (Wildman–Crippen LogP) is 6.41. The van der Waals surface area contributed by atoms with Gasteiger partial charge in [0, 0.05) is 50.1 Å². The summed E-state index contributed by atoms with van der Waals surface area (Å²) in [5.41, 5.74) is 5.85. The first-order chi connectivity index (χ1) is 23.4. The fraction of sp³-hybridized carbons (Fsp3) is 0.421. The lowest BCUT2D eigenvalue weighted by molar-refractivity contribution is -0.135. The van der Waals surface area contributed by atoms with Crippen LogP contribution >= 0.6 is 0 Å². The van der Waals surface area contributed by atoms with Gasteiger partial charge in [-0.05, 0) is 93.3 Å². The molecule has 1 fully saturated rings. The Kier molecular flexibility index (Phi) is 9.80. The number of carbonyl (C=O) groups is 4. The van der Waals surface area contributed by atoms with Crippen molar-refractivity contribution in [3.05, 3.63) is 94.5 Å². The third-order valence-electron chi connectivity index (χ3n) is 9.56. The Labute approximate surface area is 288 Å². The number of benzene rings is 3. The minimum absolute atomic E-state index is 0.0243. The molecule has 0 aliphatic carbocycles. The van der Waals surface area contributed by atoms with E-state index in [0.29, 0.717) is 64.1 Å². The number of nitrogens with one attached hydrogen (secondary N) is 3. The average Bonchev–Trinajstić information content (AvgIpc) is 3.07. The van der Waals surface area contributed by atoms with Gasteiger partial charge < -0.3 is 30.1 Å². The highest BCUT2D eigenvalue weighted by Gasteiger charge is 2.35. The van der Waals surface area contributed by atoms with Crippen molar-refractivity contribution < 1.29 is 23.9 Å². The van der Waals surface area contributed by atoms with Gasteiger partial charge in [0.05, 0.1) is 0 Å². The Morgan fingerprint density at radius 1 is 0.898 bits per heavy atom. The van der Waals surface area contributed by atoms with Crippen LogP contribution in [0.4, 0.5) is 25.8 Å². The van der Waals surface area contributed by atoms with Gasteiger partial charge in [0.2, 0.25) is 5.91 Å². The second-order valence-electron chi connectivity index (χ2n) is 14.2. The molecule has 3 aliphatic rings. The highest BCUT2D eigenvalue weighted by atomic mass is 16.6. The lowest BCUT2D eigenvalue weighted by atomic mass is 9.92. The van der Waals surface area contributed by atoms with Gasteiger partial charge in [-0.25, -0.2) is 14.4 Å². The Morgan fingerprint density at radius 3 is 2.35 bits per heavy atom. The number of nitrogens with zero attached hydrogens (tertiary/aromatic N) is 3. The molecule has 11 heteroatoms. The van der Waals surface area contributed by atoms with Gasteiger partial charge in [0.1, 0.15) is 11.6 Å². The fourth-order valence-corrected chi connectivity index (χ4v) is 6.94. The molecule has 0 unspecified atom stereocenters. The molecule has 3 heterocycles. The number of hydrogen-bond donors (Lipinski definition) is 3. The molecule has 1 saturated heterocycles. The molecule has 3 aromatic rings. The molecule has 6 rings (SSSR count). The number of ether oxygens (including phenoxy) is 1. The van der Waals surface area contributed by atoms with Crippen LogP contribution in [0.2, 0.25) is 0 Å². The number of likely N-dealkylation sites (tertiary alicyclic amines) is 1. The van der Waals surface area contributed by atoms with Crippen molar-refractivity contribution in [1.29, 1.82) is 0 Å². The van der Waals surface area contributed by atoms with Crippen LogP contribution < -0.4 is 16.0 Å². The zero-order valence-electron chi connectivity index (χ0n) is 28.8. The zero-order valence-corrected chi connectivity index (χ0v) is 28.8. The molecule has 0 bridgehead atoms. The number of anilines is 2. The minimum atomic E-state index is -0.702.